The Balaban J connectivity index is 2.13. The normalized spacial score (nSPS) is 11.3. The first-order chi connectivity index (χ1) is 9.90. The first-order valence-corrected chi connectivity index (χ1v) is 8.31. The molecule has 4 N–H and O–H groups in total. The van der Waals surface area contributed by atoms with Crippen LogP contribution in [0.2, 0.25) is 0 Å². The molecule has 0 saturated heterocycles. The molecule has 0 heterocycles. The van der Waals surface area contributed by atoms with Crippen LogP contribution in [-0.2, 0) is 23.0 Å². The summed E-state index contributed by atoms with van der Waals surface area (Å²) in [6.45, 7) is 0.537. The Bertz CT molecular complexity index is 742. The minimum absolute atomic E-state index is 0.000957. The van der Waals surface area contributed by atoms with Crippen LogP contribution in [0.1, 0.15) is 11.1 Å². The Morgan fingerprint density at radius 1 is 1.14 bits per heavy atom. The number of nitrogens with one attached hydrogen (secondary N) is 1. The van der Waals surface area contributed by atoms with Crippen LogP contribution in [0.3, 0.4) is 0 Å². The molecule has 0 spiro atoms. The lowest BCUT2D eigenvalue weighted by atomic mass is 10.1. The molecule has 2 aromatic carbocycles. The number of hydrogen-bond donors (Lipinski definition) is 3. The van der Waals surface area contributed by atoms with Crippen molar-refractivity contribution in [2.24, 2.45) is 0 Å². The second kappa shape index (κ2) is 6.15. The summed E-state index contributed by atoms with van der Waals surface area (Å²) in [6, 6.07) is 12.2. The van der Waals surface area contributed by atoms with Gasteiger partial charge in [-0.3, -0.25) is 0 Å². The molecule has 0 aromatic heterocycles. The Hall–Kier alpha value is -2.05. The van der Waals surface area contributed by atoms with Gasteiger partial charge in [-0.1, -0.05) is 24.3 Å². The van der Waals surface area contributed by atoms with Crippen molar-refractivity contribution in [3.63, 3.8) is 0 Å². The van der Waals surface area contributed by atoms with Gasteiger partial charge in [0.15, 0.2) is 9.84 Å². The van der Waals surface area contributed by atoms with E-state index in [1.165, 1.54) is 12.1 Å². The van der Waals surface area contributed by atoms with Gasteiger partial charge in [-0.2, -0.15) is 0 Å². The number of nitrogens with two attached hydrogens (primary N) is 1. The largest absolute Gasteiger partial charge is 0.397 e. The third-order valence-electron chi connectivity index (χ3n) is 3.11. The van der Waals surface area contributed by atoms with Crippen LogP contribution in [0.25, 0.3) is 0 Å². The van der Waals surface area contributed by atoms with E-state index in [1.54, 1.807) is 6.07 Å². The highest BCUT2D eigenvalue weighted by Crippen LogP contribution is 2.23. The second-order valence-electron chi connectivity index (χ2n) is 4.85. The van der Waals surface area contributed by atoms with Crippen molar-refractivity contribution in [1.82, 2.24) is 0 Å². The minimum Gasteiger partial charge on any atom is -0.397 e. The van der Waals surface area contributed by atoms with Gasteiger partial charge in [-0.05, 0) is 29.3 Å². The standard InChI is InChI=1S/C15H18N2O3S/c1-21(19,20)13-5-6-15(14(16)8-13)17-9-11-3-2-4-12(7-11)10-18/h2-8,17-18H,9-10,16H2,1H3. The zero-order chi connectivity index (χ0) is 15.5. The molecule has 6 heteroatoms. The van der Waals surface area contributed by atoms with Crippen molar-refractivity contribution in [2.45, 2.75) is 18.0 Å². The van der Waals surface area contributed by atoms with Gasteiger partial charge in [-0.25, -0.2) is 8.42 Å². The van der Waals surface area contributed by atoms with Gasteiger partial charge >= 0.3 is 0 Å². The van der Waals surface area contributed by atoms with E-state index in [0.29, 0.717) is 17.9 Å². The zero-order valence-electron chi connectivity index (χ0n) is 11.7. The molecule has 21 heavy (non-hydrogen) atoms. The van der Waals surface area contributed by atoms with E-state index < -0.39 is 9.84 Å². The number of hydrogen-bond acceptors (Lipinski definition) is 5. The Morgan fingerprint density at radius 2 is 1.86 bits per heavy atom. The zero-order valence-corrected chi connectivity index (χ0v) is 12.5. The number of aliphatic hydroxyl groups is 1. The topological polar surface area (TPSA) is 92.4 Å². The lowest BCUT2D eigenvalue weighted by Crippen LogP contribution is -2.05. The Kier molecular flexibility index (Phi) is 4.50. The second-order valence-corrected chi connectivity index (χ2v) is 6.87. The lowest BCUT2D eigenvalue weighted by Gasteiger charge is -2.11. The molecule has 2 rings (SSSR count). The number of rotatable bonds is 5. The summed E-state index contributed by atoms with van der Waals surface area (Å²) in [5.41, 5.74) is 8.78. The molecule has 0 aliphatic rings. The Morgan fingerprint density at radius 3 is 2.48 bits per heavy atom. The van der Waals surface area contributed by atoms with Gasteiger partial charge in [0.1, 0.15) is 0 Å². The van der Waals surface area contributed by atoms with Crippen molar-refractivity contribution in [3.05, 3.63) is 53.6 Å². The molecule has 0 atom stereocenters. The van der Waals surface area contributed by atoms with E-state index >= 15 is 0 Å². The highest BCUT2D eigenvalue weighted by molar-refractivity contribution is 7.90. The van der Waals surface area contributed by atoms with Crippen molar-refractivity contribution in [3.8, 4) is 0 Å². The summed E-state index contributed by atoms with van der Waals surface area (Å²) in [6.07, 6.45) is 1.15. The average Bonchev–Trinajstić information content (AvgIpc) is 2.45. The van der Waals surface area contributed by atoms with Crippen LogP contribution in [-0.4, -0.2) is 19.8 Å². The molecule has 0 radical (unpaired) electrons. The van der Waals surface area contributed by atoms with Crippen LogP contribution in [0, 0.1) is 0 Å². The van der Waals surface area contributed by atoms with Crippen molar-refractivity contribution in [1.29, 1.82) is 0 Å². The maximum absolute atomic E-state index is 11.4. The molecule has 0 aliphatic carbocycles. The van der Waals surface area contributed by atoms with Gasteiger partial charge in [0.2, 0.25) is 0 Å². The molecule has 0 aliphatic heterocycles. The first-order valence-electron chi connectivity index (χ1n) is 6.42. The molecular formula is C15H18N2O3S. The SMILES string of the molecule is CS(=O)(=O)c1ccc(NCc2cccc(CO)c2)c(N)c1. The molecule has 0 unspecified atom stereocenters. The molecule has 5 nitrogen and oxygen atoms in total. The molecule has 0 amide bonds. The van der Waals surface area contributed by atoms with E-state index in [9.17, 15) is 8.42 Å². The fourth-order valence-corrected chi connectivity index (χ4v) is 2.62. The number of sulfone groups is 1. The average molecular weight is 306 g/mol. The predicted octanol–water partition coefficient (Wildman–Crippen LogP) is 1.78. The monoisotopic (exact) mass is 306 g/mol. The van der Waals surface area contributed by atoms with Crippen molar-refractivity contribution >= 4 is 21.2 Å². The van der Waals surface area contributed by atoms with E-state index in [-0.39, 0.29) is 11.5 Å². The summed E-state index contributed by atoms with van der Waals surface area (Å²) >= 11 is 0. The third-order valence-corrected chi connectivity index (χ3v) is 4.22. The summed E-state index contributed by atoms with van der Waals surface area (Å²) in [5, 5.41) is 12.3. The fourth-order valence-electron chi connectivity index (χ4n) is 1.97. The quantitative estimate of drug-likeness (QED) is 0.732. The predicted molar refractivity (Wildman–Crippen MR) is 83.7 cm³/mol. The van der Waals surface area contributed by atoms with Crippen LogP contribution < -0.4 is 11.1 Å². The Labute approximate surface area is 124 Å². The van der Waals surface area contributed by atoms with E-state index in [4.69, 9.17) is 10.8 Å². The summed E-state index contributed by atoms with van der Waals surface area (Å²) in [4.78, 5) is 0.202. The highest BCUT2D eigenvalue weighted by Gasteiger charge is 2.09. The maximum atomic E-state index is 11.4. The number of benzene rings is 2. The first kappa shape index (κ1) is 15.3. The van der Waals surface area contributed by atoms with Gasteiger partial charge in [-0.15, -0.1) is 0 Å². The van der Waals surface area contributed by atoms with Crippen LogP contribution >= 0.6 is 0 Å². The molecule has 0 fully saturated rings. The summed E-state index contributed by atoms with van der Waals surface area (Å²) < 4.78 is 22.9. The number of anilines is 2. The van der Waals surface area contributed by atoms with Crippen molar-refractivity contribution < 1.29 is 13.5 Å². The van der Waals surface area contributed by atoms with Crippen LogP contribution in [0.15, 0.2) is 47.4 Å². The number of nitrogen functional groups attached to an aromatic ring is 1. The molecular weight excluding hydrogens is 288 g/mol. The maximum Gasteiger partial charge on any atom is 0.175 e. The van der Waals surface area contributed by atoms with Gasteiger partial charge in [0.25, 0.3) is 0 Å². The smallest absolute Gasteiger partial charge is 0.175 e. The van der Waals surface area contributed by atoms with E-state index in [1.807, 2.05) is 24.3 Å². The lowest BCUT2D eigenvalue weighted by molar-refractivity contribution is 0.281. The van der Waals surface area contributed by atoms with Crippen LogP contribution in [0.4, 0.5) is 11.4 Å². The molecule has 2 aromatic rings. The number of aliphatic hydroxyl groups excluding tert-OH is 1. The van der Waals surface area contributed by atoms with Gasteiger partial charge in [0.05, 0.1) is 22.9 Å². The summed E-state index contributed by atoms with van der Waals surface area (Å²) in [7, 11) is -3.25. The van der Waals surface area contributed by atoms with Gasteiger partial charge in [0, 0.05) is 12.8 Å². The highest BCUT2D eigenvalue weighted by atomic mass is 32.2. The molecule has 0 bridgehead atoms. The van der Waals surface area contributed by atoms with E-state index in [0.717, 1.165) is 17.4 Å². The molecule has 112 valence electrons. The minimum atomic E-state index is -3.25. The third kappa shape index (κ3) is 3.96. The van der Waals surface area contributed by atoms with Crippen LogP contribution in [0.5, 0.6) is 0 Å². The van der Waals surface area contributed by atoms with Crippen molar-refractivity contribution in [2.75, 3.05) is 17.3 Å². The molecule has 0 saturated carbocycles. The van der Waals surface area contributed by atoms with Gasteiger partial charge < -0.3 is 16.2 Å². The summed E-state index contributed by atoms with van der Waals surface area (Å²) in [5.74, 6) is 0. The fraction of sp³-hybridized carbons (Fsp3) is 0.200. The van der Waals surface area contributed by atoms with E-state index in [2.05, 4.69) is 5.32 Å².